The molecule has 0 unspecified atom stereocenters. The lowest BCUT2D eigenvalue weighted by molar-refractivity contribution is -0.128. The van der Waals surface area contributed by atoms with E-state index in [4.69, 9.17) is 0 Å². The van der Waals surface area contributed by atoms with Gasteiger partial charge in [0.1, 0.15) is 0 Å². The zero-order chi connectivity index (χ0) is 21.5. The van der Waals surface area contributed by atoms with Crippen molar-refractivity contribution in [3.8, 4) is 0 Å². The number of nitrogens with zero attached hydrogens (tertiary/aromatic N) is 2. The van der Waals surface area contributed by atoms with E-state index in [-0.39, 0.29) is 11.8 Å². The van der Waals surface area contributed by atoms with Gasteiger partial charge in [-0.15, -0.1) is 0 Å². The third kappa shape index (κ3) is 5.60. The Bertz CT molecular complexity index is 1020. The summed E-state index contributed by atoms with van der Waals surface area (Å²) in [6, 6.07) is 28.1. The second-order valence-electron chi connectivity index (χ2n) is 8.07. The molecule has 0 saturated carbocycles. The fourth-order valence-corrected chi connectivity index (χ4v) is 4.04. The van der Waals surface area contributed by atoms with Crippen molar-refractivity contribution in [2.75, 3.05) is 13.1 Å². The van der Waals surface area contributed by atoms with Gasteiger partial charge >= 0.3 is 0 Å². The van der Waals surface area contributed by atoms with Crippen LogP contribution in [-0.2, 0) is 24.3 Å². The average molecular weight is 413 g/mol. The highest BCUT2D eigenvalue weighted by molar-refractivity contribution is 5.94. The third-order valence-electron chi connectivity index (χ3n) is 5.74. The predicted molar refractivity (Wildman–Crippen MR) is 122 cm³/mol. The molecule has 0 radical (unpaired) electrons. The number of rotatable bonds is 8. The van der Waals surface area contributed by atoms with Crippen LogP contribution in [0.1, 0.15) is 39.9 Å². The van der Waals surface area contributed by atoms with Crippen LogP contribution in [0, 0.1) is 0 Å². The zero-order valence-corrected chi connectivity index (χ0v) is 17.7. The molecule has 2 amide bonds. The van der Waals surface area contributed by atoms with Gasteiger partial charge in [-0.3, -0.25) is 9.59 Å². The summed E-state index contributed by atoms with van der Waals surface area (Å²) >= 11 is 0. The Balaban J connectivity index is 1.51. The van der Waals surface area contributed by atoms with E-state index in [9.17, 15) is 9.59 Å². The summed E-state index contributed by atoms with van der Waals surface area (Å²) in [5, 5.41) is 0. The fourth-order valence-electron chi connectivity index (χ4n) is 4.04. The molecule has 0 aliphatic carbocycles. The van der Waals surface area contributed by atoms with Crippen molar-refractivity contribution in [3.63, 3.8) is 0 Å². The van der Waals surface area contributed by atoms with E-state index in [1.54, 1.807) is 0 Å². The molecule has 3 aromatic carbocycles. The van der Waals surface area contributed by atoms with Crippen LogP contribution < -0.4 is 0 Å². The first-order valence-electron chi connectivity index (χ1n) is 10.9. The quantitative estimate of drug-likeness (QED) is 0.538. The van der Waals surface area contributed by atoms with Crippen LogP contribution >= 0.6 is 0 Å². The Morgan fingerprint density at radius 2 is 1.52 bits per heavy atom. The number of likely N-dealkylation sites (tertiary alicyclic amines) is 1. The molecular weight excluding hydrogens is 384 g/mol. The minimum Gasteiger partial charge on any atom is -0.338 e. The molecule has 1 saturated heterocycles. The number of amides is 2. The third-order valence-corrected chi connectivity index (χ3v) is 5.74. The first kappa shape index (κ1) is 20.9. The molecule has 158 valence electrons. The molecule has 1 aliphatic rings. The predicted octanol–water partition coefficient (Wildman–Crippen LogP) is 4.69. The van der Waals surface area contributed by atoms with Crippen molar-refractivity contribution in [1.29, 1.82) is 0 Å². The largest absolute Gasteiger partial charge is 0.338 e. The Hall–Kier alpha value is -3.40. The van der Waals surface area contributed by atoms with Crippen molar-refractivity contribution in [1.82, 2.24) is 9.80 Å². The summed E-state index contributed by atoms with van der Waals surface area (Å²) in [7, 11) is 0. The van der Waals surface area contributed by atoms with Crippen molar-refractivity contribution in [2.45, 2.75) is 32.4 Å². The lowest BCUT2D eigenvalue weighted by Gasteiger charge is -2.24. The molecule has 4 heteroatoms. The van der Waals surface area contributed by atoms with Gasteiger partial charge in [-0.2, -0.15) is 0 Å². The number of benzene rings is 3. The van der Waals surface area contributed by atoms with E-state index >= 15 is 0 Å². The number of carbonyl (C=O) groups excluding carboxylic acids is 2. The first-order chi connectivity index (χ1) is 15.2. The average Bonchev–Trinajstić information content (AvgIpc) is 3.22. The first-order valence-corrected chi connectivity index (χ1v) is 10.9. The molecule has 0 N–H and O–H groups in total. The molecule has 1 heterocycles. The molecule has 0 bridgehead atoms. The zero-order valence-electron chi connectivity index (χ0n) is 17.7. The van der Waals surface area contributed by atoms with Crippen molar-refractivity contribution in [2.24, 2.45) is 0 Å². The second kappa shape index (κ2) is 10.1. The minimum atomic E-state index is 0.0226. The topological polar surface area (TPSA) is 40.6 Å². The van der Waals surface area contributed by atoms with Gasteiger partial charge in [-0.1, -0.05) is 72.8 Å². The molecule has 1 aliphatic heterocycles. The number of hydrogen-bond acceptors (Lipinski definition) is 2. The molecule has 0 atom stereocenters. The number of hydrogen-bond donors (Lipinski definition) is 0. The van der Waals surface area contributed by atoms with Crippen LogP contribution in [0.25, 0.3) is 0 Å². The molecule has 0 spiro atoms. The fraction of sp³-hybridized carbons (Fsp3) is 0.259. The Kier molecular flexibility index (Phi) is 6.78. The van der Waals surface area contributed by atoms with Gasteiger partial charge in [-0.05, 0) is 41.7 Å². The van der Waals surface area contributed by atoms with Gasteiger partial charge in [-0.25, -0.2) is 0 Å². The van der Waals surface area contributed by atoms with Crippen LogP contribution in [0.2, 0.25) is 0 Å². The number of carbonyl (C=O) groups is 2. The maximum absolute atomic E-state index is 13.5. The smallest absolute Gasteiger partial charge is 0.254 e. The summed E-state index contributed by atoms with van der Waals surface area (Å²) in [5.74, 6) is 0.222. The Morgan fingerprint density at radius 3 is 2.19 bits per heavy atom. The van der Waals surface area contributed by atoms with Crippen molar-refractivity contribution in [3.05, 3.63) is 107 Å². The lowest BCUT2D eigenvalue weighted by atomic mass is 10.1. The normalized spacial score (nSPS) is 13.4. The standard InChI is InChI=1S/C27H28N2O2/c30-26-15-8-17-28(26)21-24-13-7-14-25(19-24)27(31)29(20-23-11-5-2-6-12-23)18-16-22-9-3-1-4-10-22/h1-7,9-14,19H,8,15-18,20-21H2. The Morgan fingerprint density at radius 1 is 0.839 bits per heavy atom. The minimum absolute atomic E-state index is 0.0226. The lowest BCUT2D eigenvalue weighted by Crippen LogP contribution is -2.32. The molecule has 3 aromatic rings. The van der Waals surface area contributed by atoms with E-state index in [1.807, 2.05) is 70.5 Å². The molecular formula is C27H28N2O2. The molecule has 1 fully saturated rings. The highest BCUT2D eigenvalue weighted by Gasteiger charge is 2.21. The summed E-state index contributed by atoms with van der Waals surface area (Å²) in [4.78, 5) is 29.2. The second-order valence-corrected chi connectivity index (χ2v) is 8.07. The van der Waals surface area contributed by atoms with Crippen LogP contribution in [0.3, 0.4) is 0 Å². The highest BCUT2D eigenvalue weighted by atomic mass is 16.2. The molecule has 31 heavy (non-hydrogen) atoms. The van der Waals surface area contributed by atoms with E-state index in [2.05, 4.69) is 24.3 Å². The molecule has 0 aromatic heterocycles. The van der Waals surface area contributed by atoms with E-state index < -0.39 is 0 Å². The molecule has 4 rings (SSSR count). The summed E-state index contributed by atoms with van der Waals surface area (Å²) in [6.07, 6.45) is 2.35. The van der Waals surface area contributed by atoms with E-state index in [0.717, 1.165) is 30.5 Å². The maximum atomic E-state index is 13.5. The van der Waals surface area contributed by atoms with Gasteiger partial charge < -0.3 is 9.80 Å². The Labute approximate surface area is 184 Å². The molecule has 4 nitrogen and oxygen atoms in total. The van der Waals surface area contributed by atoms with Crippen LogP contribution in [-0.4, -0.2) is 34.7 Å². The summed E-state index contributed by atoms with van der Waals surface area (Å²) in [6.45, 7) is 2.59. The van der Waals surface area contributed by atoms with Gasteiger partial charge in [0.2, 0.25) is 5.91 Å². The van der Waals surface area contributed by atoms with Crippen LogP contribution in [0.4, 0.5) is 0 Å². The van der Waals surface area contributed by atoms with Crippen molar-refractivity contribution < 1.29 is 9.59 Å². The monoisotopic (exact) mass is 412 g/mol. The van der Waals surface area contributed by atoms with Gasteiger partial charge in [0.25, 0.3) is 5.91 Å². The summed E-state index contributed by atoms with van der Waals surface area (Å²) in [5.41, 5.74) is 4.01. The van der Waals surface area contributed by atoms with Gasteiger partial charge in [0.15, 0.2) is 0 Å². The SMILES string of the molecule is O=C1CCCN1Cc1cccc(C(=O)N(CCc2ccccc2)Cc2ccccc2)c1. The summed E-state index contributed by atoms with van der Waals surface area (Å²) < 4.78 is 0. The van der Waals surface area contributed by atoms with Crippen molar-refractivity contribution >= 4 is 11.8 Å². The van der Waals surface area contributed by atoms with E-state index in [1.165, 1.54) is 5.56 Å². The maximum Gasteiger partial charge on any atom is 0.254 e. The van der Waals surface area contributed by atoms with Gasteiger partial charge in [0, 0.05) is 38.2 Å². The van der Waals surface area contributed by atoms with E-state index in [0.29, 0.717) is 31.6 Å². The van der Waals surface area contributed by atoms with Crippen LogP contribution in [0.5, 0.6) is 0 Å². The van der Waals surface area contributed by atoms with Crippen LogP contribution in [0.15, 0.2) is 84.9 Å². The highest BCUT2D eigenvalue weighted by Crippen LogP contribution is 2.17. The van der Waals surface area contributed by atoms with Gasteiger partial charge in [0.05, 0.1) is 0 Å².